The molecule has 122 valence electrons. The Balaban J connectivity index is 1.70. The summed E-state index contributed by atoms with van der Waals surface area (Å²) >= 11 is 1.12. The number of ether oxygens (including phenoxy) is 1. The highest BCUT2D eigenvalue weighted by atomic mass is 32.1. The summed E-state index contributed by atoms with van der Waals surface area (Å²) in [5, 5.41) is 11.7. The van der Waals surface area contributed by atoms with Crippen LogP contribution in [0.1, 0.15) is 26.5 Å². The van der Waals surface area contributed by atoms with E-state index in [9.17, 15) is 9.90 Å². The Kier molecular flexibility index (Phi) is 4.62. The van der Waals surface area contributed by atoms with E-state index in [0.29, 0.717) is 17.3 Å². The van der Waals surface area contributed by atoms with Crippen LogP contribution in [0.5, 0.6) is 5.75 Å². The van der Waals surface area contributed by atoms with Crippen LogP contribution in [0.2, 0.25) is 0 Å². The molecule has 3 rings (SSSR count). The molecule has 1 heterocycles. The molecule has 24 heavy (non-hydrogen) atoms. The number of nitrogens with zero attached hydrogens (tertiary/aromatic N) is 1. The van der Waals surface area contributed by atoms with Crippen molar-refractivity contribution in [2.75, 3.05) is 0 Å². The van der Waals surface area contributed by atoms with E-state index in [1.165, 1.54) is 5.56 Å². The Labute approximate surface area is 144 Å². The molecule has 5 heteroatoms. The first-order valence-corrected chi connectivity index (χ1v) is 8.32. The van der Waals surface area contributed by atoms with Crippen molar-refractivity contribution in [3.63, 3.8) is 0 Å². The molecule has 0 fully saturated rings. The lowest BCUT2D eigenvalue weighted by Gasteiger charge is -2.07. The van der Waals surface area contributed by atoms with Gasteiger partial charge in [0.2, 0.25) is 0 Å². The van der Waals surface area contributed by atoms with E-state index in [4.69, 9.17) is 4.74 Å². The second-order valence-corrected chi connectivity index (χ2v) is 6.52. The van der Waals surface area contributed by atoms with E-state index < -0.39 is 5.97 Å². The van der Waals surface area contributed by atoms with Crippen molar-refractivity contribution in [1.82, 2.24) is 4.98 Å². The van der Waals surface area contributed by atoms with Gasteiger partial charge in [-0.3, -0.25) is 0 Å². The largest absolute Gasteiger partial charge is 0.544 e. The smallest absolute Gasteiger partial charge is 0.124 e. The maximum Gasteiger partial charge on any atom is 0.124 e. The number of aryl methyl sites for hydroxylation is 2. The zero-order valence-electron chi connectivity index (χ0n) is 13.4. The lowest BCUT2D eigenvalue weighted by atomic mass is 10.2. The molecule has 0 N–H and O–H groups in total. The summed E-state index contributed by atoms with van der Waals surface area (Å²) in [5.41, 5.74) is 3.67. The van der Waals surface area contributed by atoms with Gasteiger partial charge in [-0.1, -0.05) is 29.8 Å². The van der Waals surface area contributed by atoms with Crippen LogP contribution < -0.4 is 9.84 Å². The van der Waals surface area contributed by atoms with Gasteiger partial charge in [-0.25, -0.2) is 4.98 Å². The van der Waals surface area contributed by atoms with Crippen molar-refractivity contribution >= 4 is 17.3 Å². The summed E-state index contributed by atoms with van der Waals surface area (Å²) in [4.78, 5) is 15.5. The third kappa shape index (κ3) is 3.63. The van der Waals surface area contributed by atoms with Gasteiger partial charge in [0.05, 0.1) is 16.5 Å². The van der Waals surface area contributed by atoms with E-state index in [2.05, 4.69) is 24.0 Å². The Morgan fingerprint density at radius 1 is 1.08 bits per heavy atom. The molecule has 0 spiro atoms. The quantitative estimate of drug-likeness (QED) is 0.715. The zero-order valence-corrected chi connectivity index (χ0v) is 14.2. The lowest BCUT2D eigenvalue weighted by Crippen LogP contribution is -2.21. The molecule has 0 aliphatic heterocycles. The molecule has 0 aliphatic carbocycles. The third-order valence-corrected chi connectivity index (χ3v) is 4.80. The molecule has 4 nitrogen and oxygen atoms in total. The summed E-state index contributed by atoms with van der Waals surface area (Å²) in [6, 6.07) is 15.7. The summed E-state index contributed by atoms with van der Waals surface area (Å²) < 4.78 is 5.77. The van der Waals surface area contributed by atoms with Gasteiger partial charge in [0, 0.05) is 5.56 Å². The van der Waals surface area contributed by atoms with Gasteiger partial charge in [-0.2, -0.15) is 0 Å². The topological polar surface area (TPSA) is 62.2 Å². The normalized spacial score (nSPS) is 10.6. The van der Waals surface area contributed by atoms with E-state index in [0.717, 1.165) is 28.2 Å². The number of carbonyl (C=O) groups is 1. The number of aromatic carboxylic acids is 1. The minimum absolute atomic E-state index is 0.171. The molecule has 0 saturated heterocycles. The number of hydrogen-bond donors (Lipinski definition) is 0. The van der Waals surface area contributed by atoms with Crippen LogP contribution in [0.15, 0.2) is 48.5 Å². The van der Waals surface area contributed by atoms with Crippen molar-refractivity contribution in [3.8, 4) is 16.3 Å². The highest BCUT2D eigenvalue weighted by Crippen LogP contribution is 2.29. The number of aromatic nitrogens is 1. The van der Waals surface area contributed by atoms with Crippen molar-refractivity contribution in [3.05, 3.63) is 70.2 Å². The molecule has 1 aromatic heterocycles. The summed E-state index contributed by atoms with van der Waals surface area (Å²) in [5.74, 6) is -0.429. The van der Waals surface area contributed by atoms with Crippen LogP contribution >= 0.6 is 11.3 Å². The molecule has 3 aromatic rings. The standard InChI is InChI=1S/C19H17NO3S/c1-12-3-5-14(6-4-12)11-23-16-9-7-15(8-10-16)18-20-13(2)17(24-18)19(21)22/h3-10H,11H2,1-2H3,(H,21,22)/p-1. The second kappa shape index (κ2) is 6.84. The number of carbonyl (C=O) groups excluding carboxylic acids is 1. The minimum atomic E-state index is -1.19. The van der Waals surface area contributed by atoms with Gasteiger partial charge < -0.3 is 14.6 Å². The molecule has 0 saturated carbocycles. The van der Waals surface area contributed by atoms with Crippen LogP contribution in [0.4, 0.5) is 0 Å². The number of hydrogen-bond acceptors (Lipinski definition) is 5. The SMILES string of the molecule is Cc1ccc(COc2ccc(-c3nc(C)c(C(=O)[O-])s3)cc2)cc1. The maximum absolute atomic E-state index is 11.0. The number of carboxylic acid groups (broad SMARTS) is 1. The zero-order chi connectivity index (χ0) is 17.1. The average molecular weight is 338 g/mol. The molecule has 0 radical (unpaired) electrons. The number of benzene rings is 2. The number of carboxylic acids is 1. The first kappa shape index (κ1) is 16.2. The van der Waals surface area contributed by atoms with Crippen molar-refractivity contribution in [2.24, 2.45) is 0 Å². The lowest BCUT2D eigenvalue weighted by molar-refractivity contribution is -0.254. The third-order valence-electron chi connectivity index (χ3n) is 3.61. The first-order valence-electron chi connectivity index (χ1n) is 7.50. The van der Waals surface area contributed by atoms with Crippen LogP contribution in [0, 0.1) is 13.8 Å². The van der Waals surface area contributed by atoms with Gasteiger partial charge in [-0.05, 0) is 43.7 Å². The predicted molar refractivity (Wildman–Crippen MR) is 92.1 cm³/mol. The maximum atomic E-state index is 11.0. The van der Waals surface area contributed by atoms with Crippen molar-refractivity contribution < 1.29 is 14.6 Å². The minimum Gasteiger partial charge on any atom is -0.544 e. The number of rotatable bonds is 5. The van der Waals surface area contributed by atoms with Crippen LogP contribution in [0.3, 0.4) is 0 Å². The van der Waals surface area contributed by atoms with Gasteiger partial charge >= 0.3 is 0 Å². The van der Waals surface area contributed by atoms with E-state index >= 15 is 0 Å². The monoisotopic (exact) mass is 338 g/mol. The molecular weight excluding hydrogens is 322 g/mol. The fraction of sp³-hybridized carbons (Fsp3) is 0.158. The van der Waals surface area contributed by atoms with Gasteiger partial charge in [0.1, 0.15) is 17.4 Å². The van der Waals surface area contributed by atoms with Crippen molar-refractivity contribution in [1.29, 1.82) is 0 Å². The van der Waals surface area contributed by atoms with Crippen LogP contribution in [-0.2, 0) is 6.61 Å². The highest BCUT2D eigenvalue weighted by Gasteiger charge is 2.10. The molecule has 2 aromatic carbocycles. The first-order chi connectivity index (χ1) is 11.5. The van der Waals surface area contributed by atoms with E-state index in [1.807, 2.05) is 36.4 Å². The Hall–Kier alpha value is -2.66. The Bertz CT molecular complexity index is 851. The fourth-order valence-electron chi connectivity index (χ4n) is 2.25. The van der Waals surface area contributed by atoms with Gasteiger partial charge in [0.25, 0.3) is 0 Å². The summed E-state index contributed by atoms with van der Waals surface area (Å²) in [7, 11) is 0. The van der Waals surface area contributed by atoms with Crippen LogP contribution in [0.25, 0.3) is 10.6 Å². The van der Waals surface area contributed by atoms with Gasteiger partial charge in [-0.15, -0.1) is 11.3 Å². The van der Waals surface area contributed by atoms with E-state index in [-0.39, 0.29) is 4.88 Å². The summed E-state index contributed by atoms with van der Waals surface area (Å²) in [6.07, 6.45) is 0. The van der Waals surface area contributed by atoms with Crippen LogP contribution in [-0.4, -0.2) is 11.0 Å². The predicted octanol–water partition coefficient (Wildman–Crippen LogP) is 3.37. The fourth-order valence-corrected chi connectivity index (χ4v) is 3.16. The molecule has 0 unspecified atom stereocenters. The molecule has 0 atom stereocenters. The average Bonchev–Trinajstić information content (AvgIpc) is 2.97. The highest BCUT2D eigenvalue weighted by molar-refractivity contribution is 7.17. The molecular formula is C19H16NO3S-. The Morgan fingerprint density at radius 3 is 2.33 bits per heavy atom. The second-order valence-electron chi connectivity index (χ2n) is 5.52. The molecule has 0 aliphatic rings. The summed E-state index contributed by atoms with van der Waals surface area (Å²) in [6.45, 7) is 4.23. The Morgan fingerprint density at radius 2 is 1.75 bits per heavy atom. The number of thiazole rings is 1. The molecule has 0 amide bonds. The molecule has 0 bridgehead atoms. The van der Waals surface area contributed by atoms with Crippen molar-refractivity contribution in [2.45, 2.75) is 20.5 Å². The van der Waals surface area contributed by atoms with E-state index in [1.54, 1.807) is 6.92 Å². The van der Waals surface area contributed by atoms with Gasteiger partial charge in [0.15, 0.2) is 0 Å².